The van der Waals surface area contributed by atoms with Gasteiger partial charge in [0.1, 0.15) is 12.5 Å². The molecule has 6 heteroatoms. The van der Waals surface area contributed by atoms with Crippen LogP contribution < -0.4 is 4.74 Å². The first-order chi connectivity index (χ1) is 12.9. The highest BCUT2D eigenvalue weighted by Crippen LogP contribution is 2.37. The van der Waals surface area contributed by atoms with Gasteiger partial charge in [-0.2, -0.15) is 10.4 Å². The Labute approximate surface area is 161 Å². The first kappa shape index (κ1) is 19.1. The molecule has 0 bridgehead atoms. The lowest BCUT2D eigenvalue weighted by Gasteiger charge is -2.15. The lowest BCUT2D eigenvalue weighted by atomic mass is 9.98. The van der Waals surface area contributed by atoms with E-state index < -0.39 is 8.07 Å². The highest BCUT2D eigenvalue weighted by molar-refractivity contribution is 6.76. The van der Waals surface area contributed by atoms with Crippen LogP contribution in [0.15, 0.2) is 42.7 Å². The van der Waals surface area contributed by atoms with Crippen LogP contribution in [-0.4, -0.2) is 31.6 Å². The summed E-state index contributed by atoms with van der Waals surface area (Å²) in [6.07, 6.45) is 3.78. The Morgan fingerprint density at radius 2 is 1.96 bits per heavy atom. The molecule has 1 heterocycles. The molecule has 0 aliphatic carbocycles. The van der Waals surface area contributed by atoms with Crippen LogP contribution in [0.25, 0.3) is 21.9 Å². The fraction of sp³-hybridized carbons (Fsp3) is 0.333. The second-order valence-corrected chi connectivity index (χ2v) is 13.4. The molecule has 0 radical (unpaired) electrons. The number of hydrogen-bond acceptors (Lipinski definition) is 4. The average Bonchev–Trinajstić information content (AvgIpc) is 3.11. The van der Waals surface area contributed by atoms with Crippen molar-refractivity contribution in [2.75, 3.05) is 13.7 Å². The Balaban J connectivity index is 1.89. The van der Waals surface area contributed by atoms with Crippen LogP contribution in [0.1, 0.15) is 5.56 Å². The van der Waals surface area contributed by atoms with Crippen molar-refractivity contribution in [1.82, 2.24) is 9.78 Å². The van der Waals surface area contributed by atoms with Crippen LogP contribution in [0.2, 0.25) is 25.7 Å². The molecule has 0 atom stereocenters. The number of rotatable bonds is 7. The summed E-state index contributed by atoms with van der Waals surface area (Å²) < 4.78 is 13.2. The van der Waals surface area contributed by atoms with Crippen LogP contribution in [0, 0.1) is 11.3 Å². The van der Waals surface area contributed by atoms with Crippen molar-refractivity contribution in [3.63, 3.8) is 0 Å². The molecule has 0 N–H and O–H groups in total. The summed E-state index contributed by atoms with van der Waals surface area (Å²) >= 11 is 0. The number of aromatic nitrogens is 2. The third-order valence-corrected chi connectivity index (χ3v) is 6.18. The molecule has 0 saturated heterocycles. The fourth-order valence-corrected chi connectivity index (χ4v) is 3.69. The number of nitrogens with zero attached hydrogens (tertiary/aromatic N) is 3. The van der Waals surface area contributed by atoms with E-state index in [2.05, 4.69) is 30.8 Å². The monoisotopic (exact) mass is 379 g/mol. The molecule has 27 heavy (non-hydrogen) atoms. The first-order valence-electron chi connectivity index (χ1n) is 9.03. The zero-order valence-corrected chi connectivity index (χ0v) is 17.3. The molecule has 140 valence electrons. The number of ether oxygens (including phenoxy) is 2. The number of hydrogen-bond donors (Lipinski definition) is 0. The summed E-state index contributed by atoms with van der Waals surface area (Å²) in [6, 6.07) is 13.0. The number of methoxy groups -OCH3 is 1. The summed E-state index contributed by atoms with van der Waals surface area (Å²) in [4.78, 5) is 0. The van der Waals surface area contributed by atoms with Crippen LogP contribution in [-0.2, 0) is 11.5 Å². The molecule has 0 amide bonds. The fourth-order valence-electron chi connectivity index (χ4n) is 2.94. The van der Waals surface area contributed by atoms with Gasteiger partial charge in [0.25, 0.3) is 0 Å². The van der Waals surface area contributed by atoms with E-state index in [1.165, 1.54) is 0 Å². The molecule has 5 nitrogen and oxygen atoms in total. The van der Waals surface area contributed by atoms with E-state index in [4.69, 9.17) is 9.47 Å². The van der Waals surface area contributed by atoms with Crippen molar-refractivity contribution in [3.05, 3.63) is 48.3 Å². The third-order valence-electron chi connectivity index (χ3n) is 4.47. The predicted octanol–water partition coefficient (Wildman–Crippen LogP) is 4.90. The SMILES string of the molecule is COc1ccc2ccc(C#N)cc2c1-c1cnn(COCC[Si](C)(C)C)c1. The number of benzene rings is 2. The van der Waals surface area contributed by atoms with Crippen molar-refractivity contribution in [2.24, 2.45) is 0 Å². The summed E-state index contributed by atoms with van der Waals surface area (Å²) in [5, 5.41) is 15.7. The standard InChI is InChI=1S/C21H25N3O2Si/c1-25-20-8-7-17-6-5-16(12-22)11-19(17)21(20)18-13-23-24(14-18)15-26-9-10-27(2,3)4/h5-8,11,13-14H,9-10,15H2,1-4H3. The molecule has 3 aromatic rings. The van der Waals surface area contributed by atoms with Gasteiger partial charge < -0.3 is 9.47 Å². The summed E-state index contributed by atoms with van der Waals surface area (Å²) in [7, 11) is 0.563. The molecule has 0 spiro atoms. The largest absolute Gasteiger partial charge is 0.496 e. The van der Waals surface area contributed by atoms with Crippen molar-refractivity contribution in [2.45, 2.75) is 32.4 Å². The van der Waals surface area contributed by atoms with Crippen LogP contribution >= 0.6 is 0 Å². The minimum atomic E-state index is -1.09. The van der Waals surface area contributed by atoms with Crippen molar-refractivity contribution >= 4 is 18.8 Å². The van der Waals surface area contributed by atoms with Crippen molar-refractivity contribution < 1.29 is 9.47 Å². The van der Waals surface area contributed by atoms with E-state index >= 15 is 0 Å². The van der Waals surface area contributed by atoms with E-state index in [0.717, 1.165) is 40.3 Å². The maximum Gasteiger partial charge on any atom is 0.139 e. The predicted molar refractivity (Wildman–Crippen MR) is 111 cm³/mol. The zero-order valence-electron chi connectivity index (χ0n) is 16.3. The highest BCUT2D eigenvalue weighted by Gasteiger charge is 2.14. The Bertz CT molecular complexity index is 983. The topological polar surface area (TPSA) is 60.1 Å². The van der Waals surface area contributed by atoms with Gasteiger partial charge in [0.2, 0.25) is 0 Å². The molecule has 2 aromatic carbocycles. The van der Waals surface area contributed by atoms with E-state index in [9.17, 15) is 5.26 Å². The summed E-state index contributed by atoms with van der Waals surface area (Å²) in [6.45, 7) is 8.20. The van der Waals surface area contributed by atoms with Gasteiger partial charge in [0.05, 0.1) is 24.9 Å². The maximum atomic E-state index is 9.26. The van der Waals surface area contributed by atoms with Crippen molar-refractivity contribution in [1.29, 1.82) is 5.26 Å². The number of fused-ring (bicyclic) bond motifs is 1. The highest BCUT2D eigenvalue weighted by atomic mass is 28.3. The van der Waals surface area contributed by atoms with E-state index in [0.29, 0.717) is 12.3 Å². The molecule has 0 aliphatic heterocycles. The molecule has 1 aromatic heterocycles. The zero-order chi connectivity index (χ0) is 19.4. The minimum absolute atomic E-state index is 0.432. The lowest BCUT2D eigenvalue weighted by molar-refractivity contribution is 0.0786. The Morgan fingerprint density at radius 1 is 1.19 bits per heavy atom. The van der Waals surface area contributed by atoms with Gasteiger partial charge in [-0.1, -0.05) is 31.8 Å². The smallest absolute Gasteiger partial charge is 0.139 e. The molecular formula is C21H25N3O2Si. The second-order valence-electron chi connectivity index (χ2n) is 7.81. The minimum Gasteiger partial charge on any atom is -0.496 e. The summed E-state index contributed by atoms with van der Waals surface area (Å²) in [5.41, 5.74) is 2.51. The van der Waals surface area contributed by atoms with Gasteiger partial charge in [-0.15, -0.1) is 0 Å². The Kier molecular flexibility index (Phi) is 5.64. The van der Waals surface area contributed by atoms with Gasteiger partial charge in [-0.05, 0) is 35.0 Å². The lowest BCUT2D eigenvalue weighted by Crippen LogP contribution is -2.22. The Hall–Kier alpha value is -2.62. The van der Waals surface area contributed by atoms with Gasteiger partial charge in [0.15, 0.2) is 0 Å². The molecule has 3 rings (SSSR count). The molecule has 0 unspecified atom stereocenters. The van der Waals surface area contributed by atoms with E-state index in [-0.39, 0.29) is 0 Å². The van der Waals surface area contributed by atoms with Gasteiger partial charge in [-0.25, -0.2) is 4.68 Å². The normalized spacial score (nSPS) is 11.5. The van der Waals surface area contributed by atoms with Gasteiger partial charge >= 0.3 is 0 Å². The maximum absolute atomic E-state index is 9.26. The van der Waals surface area contributed by atoms with E-state index in [1.54, 1.807) is 11.8 Å². The molecule has 0 aliphatic rings. The molecule has 0 saturated carbocycles. The van der Waals surface area contributed by atoms with Crippen LogP contribution in [0.5, 0.6) is 5.75 Å². The van der Waals surface area contributed by atoms with Crippen molar-refractivity contribution in [3.8, 4) is 22.9 Å². The van der Waals surface area contributed by atoms with Gasteiger partial charge in [0, 0.05) is 32.0 Å². The molecular weight excluding hydrogens is 354 g/mol. The Morgan fingerprint density at radius 3 is 2.67 bits per heavy atom. The molecule has 0 fully saturated rings. The number of nitriles is 1. The quantitative estimate of drug-likeness (QED) is 0.433. The summed E-state index contributed by atoms with van der Waals surface area (Å²) in [5.74, 6) is 0.761. The third kappa shape index (κ3) is 4.56. The average molecular weight is 380 g/mol. The van der Waals surface area contributed by atoms with E-state index in [1.807, 2.05) is 42.7 Å². The second kappa shape index (κ2) is 7.95. The van der Waals surface area contributed by atoms with Crippen LogP contribution in [0.3, 0.4) is 0 Å². The van der Waals surface area contributed by atoms with Crippen LogP contribution in [0.4, 0.5) is 0 Å². The van der Waals surface area contributed by atoms with Gasteiger partial charge in [-0.3, -0.25) is 0 Å². The first-order valence-corrected chi connectivity index (χ1v) is 12.7.